The lowest BCUT2D eigenvalue weighted by Gasteiger charge is -2.33. The van der Waals surface area contributed by atoms with Crippen LogP contribution < -0.4 is 10.6 Å². The van der Waals surface area contributed by atoms with E-state index in [1.54, 1.807) is 0 Å². The third-order valence-electron chi connectivity index (χ3n) is 5.91. The molecular weight excluding hydrogens is 248 g/mol. The molecule has 0 radical (unpaired) electrons. The molecule has 0 aromatic rings. The summed E-state index contributed by atoms with van der Waals surface area (Å²) in [6, 6.07) is 1.71. The van der Waals surface area contributed by atoms with Gasteiger partial charge in [0.15, 0.2) is 0 Å². The van der Waals surface area contributed by atoms with Crippen molar-refractivity contribution >= 4 is 0 Å². The maximum Gasteiger partial charge on any atom is 0.0257 e. The molecule has 0 spiro atoms. The van der Waals surface area contributed by atoms with E-state index in [4.69, 9.17) is 0 Å². The summed E-state index contributed by atoms with van der Waals surface area (Å²) < 4.78 is 0. The lowest BCUT2D eigenvalue weighted by molar-refractivity contribution is 0.158. The van der Waals surface area contributed by atoms with Gasteiger partial charge in [-0.15, -0.1) is 0 Å². The highest BCUT2D eigenvalue weighted by Gasteiger charge is 2.33. The van der Waals surface area contributed by atoms with E-state index in [9.17, 15) is 0 Å². The summed E-state index contributed by atoms with van der Waals surface area (Å²) in [5.74, 6) is 1.91. The van der Waals surface area contributed by atoms with Gasteiger partial charge in [-0.3, -0.25) is 0 Å². The number of nitrogens with zero attached hydrogens (tertiary/aromatic N) is 2. The summed E-state index contributed by atoms with van der Waals surface area (Å²) in [7, 11) is 4.51. The fourth-order valence-corrected chi connectivity index (χ4v) is 4.60. The van der Waals surface area contributed by atoms with Gasteiger partial charge in [-0.1, -0.05) is 0 Å². The minimum Gasteiger partial charge on any atom is -0.315 e. The molecule has 0 aliphatic carbocycles. The van der Waals surface area contributed by atoms with Crippen molar-refractivity contribution in [3.63, 3.8) is 0 Å². The lowest BCUT2D eigenvalue weighted by Crippen LogP contribution is -2.42. The van der Waals surface area contributed by atoms with E-state index in [2.05, 4.69) is 34.5 Å². The molecular formula is C16H32N4. The number of likely N-dealkylation sites (tertiary alicyclic amines) is 2. The number of likely N-dealkylation sites (N-methyl/N-ethyl adjacent to an activating group) is 2. The van der Waals surface area contributed by atoms with Gasteiger partial charge in [-0.2, -0.15) is 0 Å². The molecule has 0 aromatic heterocycles. The molecule has 116 valence electrons. The van der Waals surface area contributed by atoms with Gasteiger partial charge in [0.25, 0.3) is 0 Å². The first-order valence-corrected chi connectivity index (χ1v) is 8.57. The van der Waals surface area contributed by atoms with Crippen molar-refractivity contribution in [2.75, 3.05) is 53.4 Å². The Morgan fingerprint density at radius 2 is 1.15 bits per heavy atom. The highest BCUT2D eigenvalue weighted by atomic mass is 15.2. The number of hydrogen-bond acceptors (Lipinski definition) is 4. The van der Waals surface area contributed by atoms with Gasteiger partial charge in [-0.25, -0.2) is 0 Å². The monoisotopic (exact) mass is 280 g/mol. The molecule has 4 aliphatic heterocycles. The third-order valence-corrected chi connectivity index (χ3v) is 5.91. The van der Waals surface area contributed by atoms with Crippen LogP contribution in [0.25, 0.3) is 0 Å². The van der Waals surface area contributed by atoms with Crippen LogP contribution in [0.1, 0.15) is 25.7 Å². The second-order valence-electron chi connectivity index (χ2n) is 7.22. The molecule has 4 heteroatoms. The van der Waals surface area contributed by atoms with E-state index in [0.717, 1.165) is 23.9 Å². The highest BCUT2D eigenvalue weighted by Crippen LogP contribution is 2.25. The molecule has 4 nitrogen and oxygen atoms in total. The van der Waals surface area contributed by atoms with Crippen molar-refractivity contribution in [1.82, 2.24) is 20.4 Å². The van der Waals surface area contributed by atoms with Crippen LogP contribution in [-0.2, 0) is 0 Å². The third kappa shape index (κ3) is 3.19. The van der Waals surface area contributed by atoms with Gasteiger partial charge < -0.3 is 20.4 Å². The number of piperidine rings is 2. The van der Waals surface area contributed by atoms with Crippen LogP contribution in [0, 0.1) is 11.8 Å². The van der Waals surface area contributed by atoms with Gasteiger partial charge in [0.2, 0.25) is 0 Å². The minimum atomic E-state index is 0.855. The highest BCUT2D eigenvalue weighted by molar-refractivity contribution is 4.91. The molecule has 0 amide bonds. The number of nitrogens with one attached hydrogen (secondary N) is 2. The quantitative estimate of drug-likeness (QED) is 0.680. The Balaban J connectivity index is 0.000000121. The summed E-state index contributed by atoms with van der Waals surface area (Å²) in [5.41, 5.74) is 0. The summed E-state index contributed by atoms with van der Waals surface area (Å²) >= 11 is 0. The predicted octanol–water partition coefficient (Wildman–Crippen LogP) is 0.600. The first-order chi connectivity index (χ1) is 9.75. The molecule has 0 bridgehead atoms. The molecule has 4 heterocycles. The van der Waals surface area contributed by atoms with Crippen molar-refractivity contribution < 1.29 is 0 Å². The SMILES string of the molecule is CN1CCCC2CNCC21.CN1CCCC2CNCC21. The van der Waals surface area contributed by atoms with E-state index >= 15 is 0 Å². The van der Waals surface area contributed by atoms with Crippen molar-refractivity contribution in [3.8, 4) is 0 Å². The average molecular weight is 280 g/mol. The summed E-state index contributed by atoms with van der Waals surface area (Å²) in [4.78, 5) is 5.02. The Morgan fingerprint density at radius 3 is 1.55 bits per heavy atom. The second kappa shape index (κ2) is 6.73. The molecule has 20 heavy (non-hydrogen) atoms. The topological polar surface area (TPSA) is 30.5 Å². The Morgan fingerprint density at radius 1 is 0.700 bits per heavy atom. The zero-order valence-electron chi connectivity index (χ0n) is 13.3. The number of hydrogen-bond donors (Lipinski definition) is 2. The predicted molar refractivity (Wildman–Crippen MR) is 84.0 cm³/mol. The minimum absolute atomic E-state index is 0.855. The van der Waals surface area contributed by atoms with Crippen LogP contribution in [0.3, 0.4) is 0 Å². The van der Waals surface area contributed by atoms with Crippen LogP contribution in [0.15, 0.2) is 0 Å². The smallest absolute Gasteiger partial charge is 0.0257 e. The van der Waals surface area contributed by atoms with E-state index in [0.29, 0.717) is 0 Å². The average Bonchev–Trinajstić information content (AvgIpc) is 3.08. The molecule has 4 unspecified atom stereocenters. The Labute approximate surface area is 124 Å². The van der Waals surface area contributed by atoms with Gasteiger partial charge in [-0.05, 0) is 77.8 Å². The molecule has 2 N–H and O–H groups in total. The molecule has 0 aromatic carbocycles. The Hall–Kier alpha value is -0.160. The molecule has 4 rings (SSSR count). The van der Waals surface area contributed by atoms with Gasteiger partial charge >= 0.3 is 0 Å². The largest absolute Gasteiger partial charge is 0.315 e. The molecule has 4 atom stereocenters. The fourth-order valence-electron chi connectivity index (χ4n) is 4.60. The zero-order chi connectivity index (χ0) is 13.9. The maximum atomic E-state index is 3.45. The van der Waals surface area contributed by atoms with Crippen LogP contribution in [0.4, 0.5) is 0 Å². The number of fused-ring (bicyclic) bond motifs is 2. The van der Waals surface area contributed by atoms with Gasteiger partial charge in [0, 0.05) is 25.2 Å². The first-order valence-electron chi connectivity index (χ1n) is 8.57. The summed E-state index contributed by atoms with van der Waals surface area (Å²) in [6.07, 6.45) is 5.70. The first kappa shape index (κ1) is 14.8. The van der Waals surface area contributed by atoms with Crippen molar-refractivity contribution in [3.05, 3.63) is 0 Å². The van der Waals surface area contributed by atoms with Crippen LogP contribution >= 0.6 is 0 Å². The van der Waals surface area contributed by atoms with Crippen molar-refractivity contribution in [2.45, 2.75) is 37.8 Å². The van der Waals surface area contributed by atoms with Crippen LogP contribution in [0.5, 0.6) is 0 Å². The zero-order valence-corrected chi connectivity index (χ0v) is 13.3. The molecule has 0 saturated carbocycles. The van der Waals surface area contributed by atoms with E-state index in [1.807, 2.05) is 0 Å². The van der Waals surface area contributed by atoms with Crippen LogP contribution in [-0.4, -0.2) is 75.2 Å². The summed E-state index contributed by atoms with van der Waals surface area (Å²) in [6.45, 7) is 7.58. The Bertz CT molecular complexity index is 279. The molecule has 4 aliphatic rings. The second-order valence-corrected chi connectivity index (χ2v) is 7.22. The number of rotatable bonds is 0. The lowest BCUT2D eigenvalue weighted by atomic mass is 9.93. The van der Waals surface area contributed by atoms with Crippen molar-refractivity contribution in [1.29, 1.82) is 0 Å². The van der Waals surface area contributed by atoms with E-state index < -0.39 is 0 Å². The maximum absolute atomic E-state index is 3.45. The van der Waals surface area contributed by atoms with Crippen molar-refractivity contribution in [2.24, 2.45) is 11.8 Å². The van der Waals surface area contributed by atoms with Crippen LogP contribution in [0.2, 0.25) is 0 Å². The Kier molecular flexibility index (Phi) is 4.97. The van der Waals surface area contributed by atoms with E-state index in [1.165, 1.54) is 65.0 Å². The molecule has 4 saturated heterocycles. The summed E-state index contributed by atoms with van der Waals surface area (Å²) in [5, 5.41) is 6.91. The van der Waals surface area contributed by atoms with Gasteiger partial charge in [0.05, 0.1) is 0 Å². The van der Waals surface area contributed by atoms with Gasteiger partial charge in [0.1, 0.15) is 0 Å². The molecule has 4 fully saturated rings. The fraction of sp³-hybridized carbons (Fsp3) is 1.00. The van der Waals surface area contributed by atoms with E-state index in [-0.39, 0.29) is 0 Å². The normalized spacial score (nSPS) is 41.7. The standard InChI is InChI=1S/2C8H16N2/c2*1-10-4-2-3-7-5-9-6-8(7)10/h2*7-9H,2-6H2,1H3.